The normalized spacial score (nSPS) is 28.4. The lowest BCUT2D eigenvalue weighted by molar-refractivity contribution is -0.182. The molecule has 0 bridgehead atoms. The van der Waals surface area contributed by atoms with E-state index < -0.39 is 12.1 Å². The average molecular weight is 223 g/mol. The van der Waals surface area contributed by atoms with Crippen LogP contribution in [0.3, 0.4) is 0 Å². The third kappa shape index (κ3) is 4.41. The molecule has 0 unspecified atom stereocenters. The van der Waals surface area contributed by atoms with Crippen molar-refractivity contribution in [1.82, 2.24) is 5.32 Å². The molecule has 0 spiro atoms. The Morgan fingerprint density at radius 2 is 1.67 bits per heavy atom. The molecule has 1 N–H and O–H groups in total. The highest BCUT2D eigenvalue weighted by Gasteiger charge is 2.41. The summed E-state index contributed by atoms with van der Waals surface area (Å²) in [6.07, 6.45) is -2.07. The standard InChI is InChI=1S/C11H20F3N/c1-8(2)7-15-10-5-3-9(4-6-10)11(12,13)14/h8-10,15H,3-7H2,1-2H3. The van der Waals surface area contributed by atoms with E-state index in [1.165, 1.54) is 0 Å². The second-order valence-corrected chi connectivity index (χ2v) is 4.89. The summed E-state index contributed by atoms with van der Waals surface area (Å²) in [5, 5.41) is 3.33. The molecule has 0 radical (unpaired) electrons. The van der Waals surface area contributed by atoms with Crippen LogP contribution in [-0.4, -0.2) is 18.8 Å². The van der Waals surface area contributed by atoms with E-state index in [1.54, 1.807) is 0 Å². The van der Waals surface area contributed by atoms with E-state index in [4.69, 9.17) is 0 Å². The molecule has 0 aromatic heterocycles. The smallest absolute Gasteiger partial charge is 0.314 e. The fourth-order valence-electron chi connectivity index (χ4n) is 2.03. The van der Waals surface area contributed by atoms with Crippen LogP contribution in [-0.2, 0) is 0 Å². The van der Waals surface area contributed by atoms with Crippen molar-refractivity contribution >= 4 is 0 Å². The van der Waals surface area contributed by atoms with Gasteiger partial charge in [0, 0.05) is 6.04 Å². The number of alkyl halides is 3. The first-order valence-corrected chi connectivity index (χ1v) is 5.69. The number of halogens is 3. The highest BCUT2D eigenvalue weighted by molar-refractivity contribution is 4.80. The number of rotatable bonds is 3. The van der Waals surface area contributed by atoms with Crippen LogP contribution in [0.1, 0.15) is 39.5 Å². The zero-order valence-electron chi connectivity index (χ0n) is 9.40. The summed E-state index contributed by atoms with van der Waals surface area (Å²) in [5.41, 5.74) is 0. The van der Waals surface area contributed by atoms with Crippen LogP contribution in [0.2, 0.25) is 0 Å². The molecule has 1 aliphatic carbocycles. The zero-order chi connectivity index (χ0) is 11.5. The van der Waals surface area contributed by atoms with Gasteiger partial charge in [0.1, 0.15) is 0 Å². The summed E-state index contributed by atoms with van der Waals surface area (Å²) in [5.74, 6) is -0.500. The fraction of sp³-hybridized carbons (Fsp3) is 1.00. The van der Waals surface area contributed by atoms with Crippen LogP contribution in [0.4, 0.5) is 13.2 Å². The molecule has 0 heterocycles. The Bertz CT molecular complexity index is 181. The van der Waals surface area contributed by atoms with Gasteiger partial charge in [-0.3, -0.25) is 0 Å². The summed E-state index contributed by atoms with van der Waals surface area (Å²) in [4.78, 5) is 0. The molecule has 0 amide bonds. The minimum absolute atomic E-state index is 0.291. The quantitative estimate of drug-likeness (QED) is 0.773. The molecule has 1 aliphatic rings. The van der Waals surface area contributed by atoms with Gasteiger partial charge < -0.3 is 5.32 Å². The van der Waals surface area contributed by atoms with E-state index in [2.05, 4.69) is 19.2 Å². The molecule has 0 aromatic rings. The van der Waals surface area contributed by atoms with E-state index in [1.807, 2.05) is 0 Å². The Labute approximate surface area is 89.4 Å². The molecular weight excluding hydrogens is 203 g/mol. The Hall–Kier alpha value is -0.250. The molecule has 90 valence electrons. The van der Waals surface area contributed by atoms with E-state index in [0.717, 1.165) is 6.54 Å². The van der Waals surface area contributed by atoms with Crippen molar-refractivity contribution < 1.29 is 13.2 Å². The largest absolute Gasteiger partial charge is 0.391 e. The van der Waals surface area contributed by atoms with Gasteiger partial charge in [0.05, 0.1) is 5.92 Å². The lowest BCUT2D eigenvalue weighted by Gasteiger charge is -2.30. The Morgan fingerprint density at radius 1 is 1.13 bits per heavy atom. The molecule has 1 saturated carbocycles. The van der Waals surface area contributed by atoms with Gasteiger partial charge in [-0.05, 0) is 38.1 Å². The molecule has 0 aromatic carbocycles. The van der Waals surface area contributed by atoms with Gasteiger partial charge in [-0.15, -0.1) is 0 Å². The predicted molar refractivity (Wildman–Crippen MR) is 54.6 cm³/mol. The number of nitrogens with one attached hydrogen (secondary N) is 1. The van der Waals surface area contributed by atoms with Gasteiger partial charge in [0.2, 0.25) is 0 Å². The Morgan fingerprint density at radius 3 is 2.07 bits per heavy atom. The third-order valence-corrected chi connectivity index (χ3v) is 3.00. The molecule has 1 rings (SSSR count). The maximum Gasteiger partial charge on any atom is 0.391 e. The maximum atomic E-state index is 12.4. The summed E-state index contributed by atoms with van der Waals surface area (Å²) in [6.45, 7) is 5.12. The summed E-state index contributed by atoms with van der Waals surface area (Å²) in [6, 6.07) is 0.297. The number of hydrogen-bond donors (Lipinski definition) is 1. The van der Waals surface area contributed by atoms with Gasteiger partial charge in [0.25, 0.3) is 0 Å². The van der Waals surface area contributed by atoms with E-state index in [-0.39, 0.29) is 0 Å². The van der Waals surface area contributed by atoms with E-state index >= 15 is 0 Å². The SMILES string of the molecule is CC(C)CNC1CCC(C(F)(F)F)CC1. The topological polar surface area (TPSA) is 12.0 Å². The summed E-state index contributed by atoms with van der Waals surface area (Å²) < 4.78 is 37.1. The first-order valence-electron chi connectivity index (χ1n) is 5.69. The molecular formula is C11H20F3N. The Kier molecular flexibility index (Phi) is 4.44. The fourth-order valence-corrected chi connectivity index (χ4v) is 2.03. The molecule has 0 saturated heterocycles. The molecule has 0 aliphatic heterocycles. The van der Waals surface area contributed by atoms with Crippen LogP contribution in [0.15, 0.2) is 0 Å². The maximum absolute atomic E-state index is 12.4. The van der Waals surface area contributed by atoms with E-state index in [9.17, 15) is 13.2 Å². The van der Waals surface area contributed by atoms with Gasteiger partial charge in [-0.25, -0.2) is 0 Å². The van der Waals surface area contributed by atoms with Crippen LogP contribution < -0.4 is 5.32 Å². The minimum Gasteiger partial charge on any atom is -0.314 e. The van der Waals surface area contributed by atoms with Crippen molar-refractivity contribution in [3.05, 3.63) is 0 Å². The van der Waals surface area contributed by atoms with Crippen molar-refractivity contribution in [2.45, 2.75) is 51.7 Å². The summed E-state index contributed by atoms with van der Waals surface area (Å²) in [7, 11) is 0. The molecule has 15 heavy (non-hydrogen) atoms. The van der Waals surface area contributed by atoms with Crippen LogP contribution >= 0.6 is 0 Å². The van der Waals surface area contributed by atoms with Crippen LogP contribution in [0.25, 0.3) is 0 Å². The van der Waals surface area contributed by atoms with Crippen molar-refractivity contribution in [3.8, 4) is 0 Å². The van der Waals surface area contributed by atoms with Crippen molar-refractivity contribution in [3.63, 3.8) is 0 Å². The molecule has 4 heteroatoms. The lowest BCUT2D eigenvalue weighted by atomic mass is 9.85. The molecule has 0 atom stereocenters. The average Bonchev–Trinajstić information content (AvgIpc) is 2.14. The third-order valence-electron chi connectivity index (χ3n) is 3.00. The van der Waals surface area contributed by atoms with Crippen molar-refractivity contribution in [2.75, 3.05) is 6.54 Å². The monoisotopic (exact) mass is 223 g/mol. The highest BCUT2D eigenvalue weighted by Crippen LogP contribution is 2.37. The van der Waals surface area contributed by atoms with E-state index in [0.29, 0.717) is 37.6 Å². The first-order chi connectivity index (χ1) is 6.89. The minimum atomic E-state index is -3.98. The summed E-state index contributed by atoms with van der Waals surface area (Å²) >= 11 is 0. The first kappa shape index (κ1) is 12.8. The molecule has 1 fully saturated rings. The van der Waals surface area contributed by atoms with Crippen LogP contribution in [0.5, 0.6) is 0 Å². The predicted octanol–water partition coefficient (Wildman–Crippen LogP) is 3.35. The van der Waals surface area contributed by atoms with Crippen molar-refractivity contribution in [1.29, 1.82) is 0 Å². The Balaban J connectivity index is 2.24. The van der Waals surface area contributed by atoms with Gasteiger partial charge >= 0.3 is 6.18 Å². The van der Waals surface area contributed by atoms with Crippen LogP contribution in [0, 0.1) is 11.8 Å². The van der Waals surface area contributed by atoms with Gasteiger partial charge in [-0.1, -0.05) is 13.8 Å². The second kappa shape index (κ2) is 5.19. The van der Waals surface area contributed by atoms with Gasteiger partial charge in [0.15, 0.2) is 0 Å². The number of hydrogen-bond acceptors (Lipinski definition) is 1. The zero-order valence-corrected chi connectivity index (χ0v) is 9.40. The highest BCUT2D eigenvalue weighted by atomic mass is 19.4. The molecule has 1 nitrogen and oxygen atoms in total. The lowest BCUT2D eigenvalue weighted by Crippen LogP contribution is -2.38. The van der Waals surface area contributed by atoms with Crippen molar-refractivity contribution in [2.24, 2.45) is 11.8 Å². The van der Waals surface area contributed by atoms with Gasteiger partial charge in [-0.2, -0.15) is 13.2 Å². The second-order valence-electron chi connectivity index (χ2n) is 4.89.